The Bertz CT molecular complexity index is 848. The van der Waals surface area contributed by atoms with Gasteiger partial charge < -0.3 is 9.40 Å². The van der Waals surface area contributed by atoms with Crippen molar-refractivity contribution in [3.05, 3.63) is 54.0 Å². The molecule has 2 aromatic heterocycles. The van der Waals surface area contributed by atoms with Crippen LogP contribution in [-0.2, 0) is 4.79 Å². The molecule has 0 aliphatic carbocycles. The molecule has 1 aromatic carbocycles. The van der Waals surface area contributed by atoms with Crippen LogP contribution in [0.1, 0.15) is 12.7 Å². The predicted molar refractivity (Wildman–Crippen MR) is 95.8 cm³/mol. The molecular weight excluding hydrogens is 324 g/mol. The molecule has 6 nitrogen and oxygen atoms in total. The van der Waals surface area contributed by atoms with Gasteiger partial charge in [0.2, 0.25) is 0 Å². The number of amides is 1. The minimum absolute atomic E-state index is 0.192. The summed E-state index contributed by atoms with van der Waals surface area (Å²) in [5.74, 6) is 0.784. The van der Waals surface area contributed by atoms with Gasteiger partial charge in [-0.15, -0.1) is 0 Å². The second-order valence-electron chi connectivity index (χ2n) is 5.04. The fourth-order valence-corrected chi connectivity index (χ4v) is 2.68. The summed E-state index contributed by atoms with van der Waals surface area (Å²) in [5.41, 5.74) is 5.21. The average Bonchev–Trinajstić information content (AvgIpc) is 3.21. The van der Waals surface area contributed by atoms with Gasteiger partial charge in [0, 0.05) is 0 Å². The second-order valence-corrected chi connectivity index (χ2v) is 6.01. The monoisotopic (exact) mass is 340 g/mol. The Morgan fingerprint density at radius 1 is 1.38 bits per heavy atom. The lowest BCUT2D eigenvalue weighted by Crippen LogP contribution is -2.19. The summed E-state index contributed by atoms with van der Waals surface area (Å²) in [6.45, 7) is 1.88. The van der Waals surface area contributed by atoms with E-state index in [1.54, 1.807) is 12.5 Å². The number of allylic oxidation sites excluding steroid dienone is 1. The molecule has 2 heterocycles. The molecule has 0 fully saturated rings. The first-order valence-electron chi connectivity index (χ1n) is 7.32. The first-order chi connectivity index (χ1) is 11.7. The molecule has 0 saturated carbocycles. The van der Waals surface area contributed by atoms with Crippen LogP contribution in [0.2, 0.25) is 0 Å². The largest absolute Gasteiger partial charge is 0.465 e. The lowest BCUT2D eigenvalue weighted by molar-refractivity contribution is -0.118. The van der Waals surface area contributed by atoms with Gasteiger partial charge in [-0.05, 0) is 42.8 Å². The highest BCUT2D eigenvalue weighted by Gasteiger charge is 2.06. The van der Waals surface area contributed by atoms with Crippen LogP contribution in [0.15, 0.2) is 62.9 Å². The highest BCUT2D eigenvalue weighted by molar-refractivity contribution is 7.99. The van der Waals surface area contributed by atoms with E-state index in [1.165, 1.54) is 11.8 Å². The normalized spacial score (nSPS) is 12.1. The molecule has 0 radical (unpaired) electrons. The van der Waals surface area contributed by atoms with Gasteiger partial charge in [-0.25, -0.2) is 10.4 Å². The van der Waals surface area contributed by atoms with E-state index in [2.05, 4.69) is 20.5 Å². The standard InChI is InChI=1S/C17H16N4O2S/c1-12(9-13-5-4-8-23-13)10-18-21-16(22)11-24-17-19-14-6-2-3-7-15(14)20-17/h2-10H,11H2,1H3,(H,19,20)(H,21,22)/b12-9+,18-10-. The van der Waals surface area contributed by atoms with E-state index in [4.69, 9.17) is 4.42 Å². The van der Waals surface area contributed by atoms with Crippen LogP contribution in [0.4, 0.5) is 0 Å². The van der Waals surface area contributed by atoms with E-state index in [1.807, 2.05) is 49.4 Å². The zero-order valence-corrected chi connectivity index (χ0v) is 13.8. The van der Waals surface area contributed by atoms with Crippen LogP contribution in [0.25, 0.3) is 17.1 Å². The number of aromatic amines is 1. The number of aromatic nitrogens is 2. The number of hydrazone groups is 1. The van der Waals surface area contributed by atoms with Gasteiger partial charge in [0.15, 0.2) is 5.16 Å². The number of carbonyl (C=O) groups is 1. The van der Waals surface area contributed by atoms with Crippen molar-refractivity contribution in [2.75, 3.05) is 5.75 Å². The Morgan fingerprint density at radius 2 is 2.25 bits per heavy atom. The highest BCUT2D eigenvalue weighted by atomic mass is 32.2. The summed E-state index contributed by atoms with van der Waals surface area (Å²) in [6, 6.07) is 11.4. The molecule has 0 spiro atoms. The molecule has 0 unspecified atom stereocenters. The predicted octanol–water partition coefficient (Wildman–Crippen LogP) is 3.45. The topological polar surface area (TPSA) is 83.3 Å². The molecule has 2 N–H and O–H groups in total. The number of benzene rings is 1. The van der Waals surface area contributed by atoms with Gasteiger partial charge in [0.25, 0.3) is 5.91 Å². The Kier molecular flexibility index (Phi) is 5.12. The molecule has 0 saturated heterocycles. The van der Waals surface area contributed by atoms with E-state index in [9.17, 15) is 4.79 Å². The maximum absolute atomic E-state index is 11.8. The lowest BCUT2D eigenvalue weighted by atomic mass is 10.3. The number of nitrogens with one attached hydrogen (secondary N) is 2. The van der Waals surface area contributed by atoms with Crippen molar-refractivity contribution in [3.8, 4) is 0 Å². The van der Waals surface area contributed by atoms with Crippen LogP contribution in [-0.4, -0.2) is 27.8 Å². The van der Waals surface area contributed by atoms with Gasteiger partial charge in [0.1, 0.15) is 5.76 Å². The summed E-state index contributed by atoms with van der Waals surface area (Å²) in [5, 5.41) is 4.64. The number of hydrogen-bond donors (Lipinski definition) is 2. The van der Waals surface area contributed by atoms with Crippen molar-refractivity contribution in [1.29, 1.82) is 0 Å². The van der Waals surface area contributed by atoms with Crippen molar-refractivity contribution >= 4 is 41.0 Å². The van der Waals surface area contributed by atoms with Gasteiger partial charge in [-0.1, -0.05) is 23.9 Å². The number of thioether (sulfide) groups is 1. The number of nitrogens with zero attached hydrogens (tertiary/aromatic N) is 2. The Morgan fingerprint density at radius 3 is 3.04 bits per heavy atom. The van der Waals surface area contributed by atoms with Crippen molar-refractivity contribution in [2.45, 2.75) is 12.1 Å². The molecule has 24 heavy (non-hydrogen) atoms. The van der Waals surface area contributed by atoms with Crippen molar-refractivity contribution in [3.63, 3.8) is 0 Å². The Labute approximate surface area is 143 Å². The van der Waals surface area contributed by atoms with Gasteiger partial charge >= 0.3 is 0 Å². The molecule has 3 rings (SSSR count). The summed E-state index contributed by atoms with van der Waals surface area (Å²) in [6.07, 6.45) is 5.01. The van der Waals surface area contributed by atoms with Crippen molar-refractivity contribution in [1.82, 2.24) is 15.4 Å². The molecule has 0 aliphatic heterocycles. The lowest BCUT2D eigenvalue weighted by Gasteiger charge is -1.97. The fraction of sp³-hybridized carbons (Fsp3) is 0.118. The maximum atomic E-state index is 11.8. The number of furan rings is 1. The number of rotatable bonds is 6. The summed E-state index contributed by atoms with van der Waals surface area (Å²) >= 11 is 1.33. The van der Waals surface area contributed by atoms with Crippen LogP contribution in [0, 0.1) is 0 Å². The first kappa shape index (κ1) is 16.1. The molecule has 122 valence electrons. The van der Waals surface area contributed by atoms with Crippen LogP contribution in [0.3, 0.4) is 0 Å². The third-order valence-electron chi connectivity index (χ3n) is 3.08. The summed E-state index contributed by atoms with van der Waals surface area (Å²) < 4.78 is 5.20. The van der Waals surface area contributed by atoms with E-state index in [0.29, 0.717) is 5.16 Å². The third-order valence-corrected chi connectivity index (χ3v) is 3.95. The first-order valence-corrected chi connectivity index (χ1v) is 8.30. The Hall–Kier alpha value is -2.80. The van der Waals surface area contributed by atoms with Crippen LogP contribution < -0.4 is 5.43 Å². The van der Waals surface area contributed by atoms with E-state index in [0.717, 1.165) is 22.4 Å². The number of H-pyrrole nitrogens is 1. The van der Waals surface area contributed by atoms with Crippen molar-refractivity contribution < 1.29 is 9.21 Å². The van der Waals surface area contributed by atoms with Gasteiger partial charge in [-0.3, -0.25) is 4.79 Å². The fourth-order valence-electron chi connectivity index (χ4n) is 2.01. The maximum Gasteiger partial charge on any atom is 0.250 e. The summed E-state index contributed by atoms with van der Waals surface area (Å²) in [7, 11) is 0. The second kappa shape index (κ2) is 7.65. The quantitative estimate of drug-likeness (QED) is 0.409. The average molecular weight is 340 g/mol. The Balaban J connectivity index is 1.48. The van der Waals surface area contributed by atoms with E-state index in [-0.39, 0.29) is 11.7 Å². The zero-order valence-electron chi connectivity index (χ0n) is 13.0. The number of hydrogen-bond acceptors (Lipinski definition) is 5. The van der Waals surface area contributed by atoms with Crippen LogP contribution >= 0.6 is 11.8 Å². The van der Waals surface area contributed by atoms with Gasteiger partial charge in [-0.2, -0.15) is 5.10 Å². The SMILES string of the molecule is CC(/C=N\NC(=O)CSc1nc2ccccc2[nH]1)=C\c1ccco1. The molecule has 0 bridgehead atoms. The molecule has 1 amide bonds. The number of imidazole rings is 1. The summed E-state index contributed by atoms with van der Waals surface area (Å²) in [4.78, 5) is 19.4. The molecule has 0 atom stereocenters. The minimum atomic E-state index is -0.192. The third kappa shape index (κ3) is 4.36. The number of para-hydroxylation sites is 2. The molecule has 0 aliphatic rings. The van der Waals surface area contributed by atoms with E-state index < -0.39 is 0 Å². The highest BCUT2D eigenvalue weighted by Crippen LogP contribution is 2.18. The smallest absolute Gasteiger partial charge is 0.250 e. The van der Waals surface area contributed by atoms with Crippen LogP contribution in [0.5, 0.6) is 0 Å². The molecular formula is C17H16N4O2S. The number of fused-ring (bicyclic) bond motifs is 1. The minimum Gasteiger partial charge on any atom is -0.465 e. The van der Waals surface area contributed by atoms with Crippen molar-refractivity contribution in [2.24, 2.45) is 5.10 Å². The van der Waals surface area contributed by atoms with E-state index >= 15 is 0 Å². The van der Waals surface area contributed by atoms with Gasteiger partial charge in [0.05, 0.1) is 29.3 Å². The zero-order chi connectivity index (χ0) is 16.8. The molecule has 7 heteroatoms. The number of carbonyl (C=O) groups excluding carboxylic acids is 1. The molecule has 3 aromatic rings.